The first kappa shape index (κ1) is 17.0. The zero-order chi connectivity index (χ0) is 18.0. The normalized spacial score (nSPS) is 10.6. The highest BCUT2D eigenvalue weighted by Crippen LogP contribution is 2.25. The van der Waals surface area contributed by atoms with Crippen molar-refractivity contribution in [3.63, 3.8) is 0 Å². The molecule has 1 aromatic heterocycles. The predicted octanol–water partition coefficient (Wildman–Crippen LogP) is 4.40. The third kappa shape index (κ3) is 3.37. The van der Waals surface area contributed by atoms with Crippen LogP contribution in [-0.2, 0) is 0 Å². The van der Waals surface area contributed by atoms with Gasteiger partial charge in [0.25, 0.3) is 5.91 Å². The lowest BCUT2D eigenvalue weighted by molar-refractivity contribution is 0.102. The first-order valence-electron chi connectivity index (χ1n) is 7.78. The average Bonchev–Trinajstić information content (AvgIpc) is 2.89. The van der Waals surface area contributed by atoms with Crippen molar-refractivity contribution < 1.29 is 9.53 Å². The van der Waals surface area contributed by atoms with Crippen LogP contribution in [0.2, 0.25) is 5.02 Å². The average molecular weight is 356 g/mol. The van der Waals surface area contributed by atoms with Crippen molar-refractivity contribution in [2.24, 2.45) is 0 Å². The van der Waals surface area contributed by atoms with E-state index in [1.54, 1.807) is 36.1 Å². The van der Waals surface area contributed by atoms with Crippen molar-refractivity contribution in [1.29, 1.82) is 0 Å². The number of para-hydroxylation sites is 2. The van der Waals surface area contributed by atoms with E-state index >= 15 is 0 Å². The van der Waals surface area contributed by atoms with Crippen LogP contribution in [-0.4, -0.2) is 22.8 Å². The number of ether oxygens (including phenoxy) is 1. The Hall–Kier alpha value is -2.79. The summed E-state index contributed by atoms with van der Waals surface area (Å²) in [5.41, 5.74) is 3.66. The Morgan fingerprint density at radius 2 is 1.80 bits per heavy atom. The molecular weight excluding hydrogens is 338 g/mol. The molecular formula is C19H18ClN3O2. The number of benzene rings is 2. The third-order valence-electron chi connectivity index (χ3n) is 3.93. The molecule has 0 aliphatic rings. The van der Waals surface area contributed by atoms with Gasteiger partial charge in [-0.2, -0.15) is 5.10 Å². The minimum atomic E-state index is -0.206. The molecule has 0 bridgehead atoms. The summed E-state index contributed by atoms with van der Waals surface area (Å²) in [5.74, 6) is 0.409. The highest BCUT2D eigenvalue weighted by Gasteiger charge is 2.12. The number of methoxy groups -OCH3 is 1. The Labute approximate surface area is 151 Å². The maximum Gasteiger partial charge on any atom is 0.255 e. The molecule has 0 aliphatic heterocycles. The highest BCUT2D eigenvalue weighted by atomic mass is 35.5. The number of carbonyl (C=O) groups is 1. The van der Waals surface area contributed by atoms with Gasteiger partial charge in [-0.1, -0.05) is 23.7 Å². The molecule has 0 fully saturated rings. The van der Waals surface area contributed by atoms with Crippen LogP contribution in [0.4, 0.5) is 5.69 Å². The number of aromatic nitrogens is 2. The summed E-state index contributed by atoms with van der Waals surface area (Å²) in [6.07, 6.45) is 0. The van der Waals surface area contributed by atoms with Gasteiger partial charge in [-0.3, -0.25) is 4.79 Å². The van der Waals surface area contributed by atoms with Crippen LogP contribution in [0.3, 0.4) is 0 Å². The first-order chi connectivity index (χ1) is 12.0. The molecule has 0 atom stereocenters. The number of aryl methyl sites for hydroxylation is 1. The van der Waals surface area contributed by atoms with Gasteiger partial charge in [0.05, 0.1) is 34.9 Å². The largest absolute Gasteiger partial charge is 0.495 e. The molecule has 1 amide bonds. The molecule has 0 spiro atoms. The second kappa shape index (κ2) is 6.99. The van der Waals surface area contributed by atoms with E-state index in [4.69, 9.17) is 16.3 Å². The van der Waals surface area contributed by atoms with Crippen molar-refractivity contribution >= 4 is 23.2 Å². The van der Waals surface area contributed by atoms with Crippen molar-refractivity contribution in [3.8, 4) is 11.4 Å². The van der Waals surface area contributed by atoms with E-state index in [1.807, 2.05) is 38.1 Å². The van der Waals surface area contributed by atoms with E-state index in [0.717, 1.165) is 17.1 Å². The van der Waals surface area contributed by atoms with E-state index in [1.165, 1.54) is 0 Å². The minimum Gasteiger partial charge on any atom is -0.495 e. The fourth-order valence-electron chi connectivity index (χ4n) is 2.57. The Morgan fingerprint density at radius 3 is 2.40 bits per heavy atom. The molecule has 0 radical (unpaired) electrons. The van der Waals surface area contributed by atoms with Crippen LogP contribution in [0, 0.1) is 13.8 Å². The number of anilines is 1. The fourth-order valence-corrected chi connectivity index (χ4v) is 2.69. The zero-order valence-corrected chi connectivity index (χ0v) is 15.0. The van der Waals surface area contributed by atoms with Gasteiger partial charge in [0, 0.05) is 5.56 Å². The second-order valence-corrected chi connectivity index (χ2v) is 5.98. The Morgan fingerprint density at radius 1 is 1.12 bits per heavy atom. The summed E-state index contributed by atoms with van der Waals surface area (Å²) in [5, 5.41) is 7.92. The zero-order valence-electron chi connectivity index (χ0n) is 14.2. The quantitative estimate of drug-likeness (QED) is 0.754. The van der Waals surface area contributed by atoms with Crippen LogP contribution in [0.15, 0.2) is 48.5 Å². The molecule has 0 aliphatic carbocycles. The number of rotatable bonds is 4. The van der Waals surface area contributed by atoms with Gasteiger partial charge in [-0.15, -0.1) is 0 Å². The van der Waals surface area contributed by atoms with Crippen molar-refractivity contribution in [2.75, 3.05) is 12.4 Å². The molecule has 0 saturated carbocycles. The molecule has 3 rings (SSSR count). The number of carbonyl (C=O) groups excluding carboxylic acids is 1. The smallest absolute Gasteiger partial charge is 0.255 e. The van der Waals surface area contributed by atoms with E-state index in [-0.39, 0.29) is 5.91 Å². The minimum absolute atomic E-state index is 0.206. The molecule has 5 nitrogen and oxygen atoms in total. The number of nitrogens with zero attached hydrogens (tertiary/aromatic N) is 2. The van der Waals surface area contributed by atoms with E-state index in [0.29, 0.717) is 22.0 Å². The summed E-state index contributed by atoms with van der Waals surface area (Å²) in [6, 6.07) is 14.5. The molecule has 0 unspecified atom stereocenters. The summed E-state index contributed by atoms with van der Waals surface area (Å²) in [7, 11) is 1.57. The molecule has 6 heteroatoms. The van der Waals surface area contributed by atoms with Crippen LogP contribution in [0.25, 0.3) is 5.69 Å². The SMILES string of the molecule is COc1ccccc1NC(=O)c1ccc(-n2nc(C)c(Cl)c2C)cc1. The molecule has 128 valence electrons. The predicted molar refractivity (Wildman–Crippen MR) is 99.0 cm³/mol. The standard InChI is InChI=1S/C19H18ClN3O2/c1-12-18(20)13(2)23(22-12)15-10-8-14(9-11-15)19(24)21-16-6-4-5-7-17(16)25-3/h4-11H,1-3H3,(H,21,24). The first-order valence-corrected chi connectivity index (χ1v) is 8.15. The van der Waals surface area contributed by atoms with E-state index in [2.05, 4.69) is 10.4 Å². The molecule has 0 saturated heterocycles. The summed E-state index contributed by atoms with van der Waals surface area (Å²) >= 11 is 6.19. The molecule has 2 aromatic carbocycles. The number of halogens is 1. The topological polar surface area (TPSA) is 56.1 Å². The lowest BCUT2D eigenvalue weighted by Crippen LogP contribution is -2.12. The number of nitrogens with one attached hydrogen (secondary N) is 1. The second-order valence-electron chi connectivity index (χ2n) is 5.60. The van der Waals surface area contributed by atoms with Crippen LogP contribution in [0.5, 0.6) is 5.75 Å². The monoisotopic (exact) mass is 355 g/mol. The Bertz CT molecular complexity index is 917. The summed E-state index contributed by atoms with van der Waals surface area (Å²) < 4.78 is 7.01. The number of hydrogen-bond acceptors (Lipinski definition) is 3. The lowest BCUT2D eigenvalue weighted by atomic mass is 10.2. The van der Waals surface area contributed by atoms with E-state index in [9.17, 15) is 4.79 Å². The van der Waals surface area contributed by atoms with Gasteiger partial charge in [0.2, 0.25) is 0 Å². The Kier molecular flexibility index (Phi) is 4.76. The number of amides is 1. The molecule has 1 N–H and O–H groups in total. The van der Waals surface area contributed by atoms with Gasteiger partial charge in [0.1, 0.15) is 5.75 Å². The van der Waals surface area contributed by atoms with Gasteiger partial charge >= 0.3 is 0 Å². The van der Waals surface area contributed by atoms with Gasteiger partial charge < -0.3 is 10.1 Å². The summed E-state index contributed by atoms with van der Waals surface area (Å²) in [4.78, 5) is 12.4. The molecule has 3 aromatic rings. The highest BCUT2D eigenvalue weighted by molar-refractivity contribution is 6.31. The van der Waals surface area contributed by atoms with Crippen LogP contribution in [0.1, 0.15) is 21.7 Å². The molecule has 1 heterocycles. The van der Waals surface area contributed by atoms with Gasteiger partial charge in [-0.25, -0.2) is 4.68 Å². The third-order valence-corrected chi connectivity index (χ3v) is 4.48. The lowest BCUT2D eigenvalue weighted by Gasteiger charge is -2.10. The van der Waals surface area contributed by atoms with E-state index < -0.39 is 0 Å². The van der Waals surface area contributed by atoms with Gasteiger partial charge in [-0.05, 0) is 50.2 Å². The van der Waals surface area contributed by atoms with Crippen LogP contribution < -0.4 is 10.1 Å². The van der Waals surface area contributed by atoms with Crippen LogP contribution >= 0.6 is 11.6 Å². The maximum atomic E-state index is 12.4. The fraction of sp³-hybridized carbons (Fsp3) is 0.158. The van der Waals surface area contributed by atoms with Crippen molar-refractivity contribution in [1.82, 2.24) is 9.78 Å². The van der Waals surface area contributed by atoms with Gasteiger partial charge in [0.15, 0.2) is 0 Å². The molecule has 25 heavy (non-hydrogen) atoms. The van der Waals surface area contributed by atoms with Crippen molar-refractivity contribution in [3.05, 3.63) is 70.5 Å². The maximum absolute atomic E-state index is 12.4. The van der Waals surface area contributed by atoms with Crippen molar-refractivity contribution in [2.45, 2.75) is 13.8 Å². The number of hydrogen-bond donors (Lipinski definition) is 1. The summed E-state index contributed by atoms with van der Waals surface area (Å²) in [6.45, 7) is 3.77. The Balaban J connectivity index is 1.82.